The van der Waals surface area contributed by atoms with Crippen molar-refractivity contribution >= 4 is 50.6 Å². The van der Waals surface area contributed by atoms with Crippen LogP contribution < -0.4 is 9.64 Å². The fraction of sp³-hybridized carbons (Fsp3) is 0.160. The summed E-state index contributed by atoms with van der Waals surface area (Å²) >= 11 is 9.91. The van der Waals surface area contributed by atoms with Crippen molar-refractivity contribution in [1.82, 2.24) is 5.01 Å². The third kappa shape index (κ3) is 3.92. The zero-order valence-electron chi connectivity index (χ0n) is 17.7. The summed E-state index contributed by atoms with van der Waals surface area (Å²) in [4.78, 5) is 26.9. The van der Waals surface area contributed by atoms with Gasteiger partial charge >= 0.3 is 5.91 Å². The number of carbonyl (C=O) groups is 2. The second-order valence-corrected chi connectivity index (χ2v) is 9.14. The third-order valence-corrected chi connectivity index (χ3v) is 6.74. The van der Waals surface area contributed by atoms with Gasteiger partial charge in [-0.15, -0.1) is 0 Å². The van der Waals surface area contributed by atoms with E-state index in [1.165, 1.54) is 4.90 Å². The van der Waals surface area contributed by atoms with Crippen LogP contribution in [0.4, 0.5) is 5.69 Å². The fourth-order valence-corrected chi connectivity index (χ4v) is 4.84. The van der Waals surface area contributed by atoms with Gasteiger partial charge in [-0.2, -0.15) is 5.10 Å². The Bertz CT molecular complexity index is 1290. The predicted molar refractivity (Wildman–Crippen MR) is 131 cm³/mol. The molecule has 0 bridgehead atoms. The number of ketones is 1. The number of hydrazone groups is 1. The smallest absolute Gasteiger partial charge is 0.301 e. The van der Waals surface area contributed by atoms with Crippen LogP contribution >= 0.6 is 27.5 Å². The predicted octanol–water partition coefficient (Wildman–Crippen LogP) is 5.45. The van der Waals surface area contributed by atoms with Crippen LogP contribution in [-0.4, -0.2) is 36.2 Å². The van der Waals surface area contributed by atoms with E-state index in [1.807, 2.05) is 59.6 Å². The van der Waals surface area contributed by atoms with E-state index in [-0.39, 0.29) is 12.7 Å². The lowest BCUT2D eigenvalue weighted by Crippen LogP contribution is -2.39. The average molecular weight is 525 g/mol. The van der Waals surface area contributed by atoms with Gasteiger partial charge < -0.3 is 4.74 Å². The molecule has 3 aromatic rings. The monoisotopic (exact) mass is 523 g/mol. The first kappa shape index (κ1) is 21.7. The molecule has 0 aromatic heterocycles. The number of fused-ring (bicyclic) bond motifs is 1. The standard InChI is InChI=1S/C25H19BrClN3O3/c1-33-17-9-6-15(7-10-17)21-13-23(18-4-2-3-5-20(18)27)30(28-21)14-29-22-11-8-16(26)12-19(22)24(31)25(29)32/h2-12,23H,13-14H2,1H3/t23-/m1/s1. The van der Waals surface area contributed by atoms with Crippen molar-refractivity contribution < 1.29 is 14.3 Å². The molecule has 0 fully saturated rings. The van der Waals surface area contributed by atoms with Crippen LogP contribution in [0.5, 0.6) is 5.75 Å². The van der Waals surface area contributed by atoms with E-state index in [0.29, 0.717) is 22.7 Å². The summed E-state index contributed by atoms with van der Waals surface area (Å²) in [6, 6.07) is 20.4. The van der Waals surface area contributed by atoms with E-state index in [9.17, 15) is 9.59 Å². The Balaban J connectivity index is 1.52. The van der Waals surface area contributed by atoms with Crippen LogP contribution in [0.2, 0.25) is 5.02 Å². The molecule has 0 saturated carbocycles. The van der Waals surface area contributed by atoms with Crippen molar-refractivity contribution in [3.8, 4) is 5.75 Å². The normalized spacial score (nSPS) is 17.4. The molecular weight excluding hydrogens is 506 g/mol. The maximum atomic E-state index is 12.8. The molecule has 2 aliphatic heterocycles. The Labute approximate surface area is 204 Å². The highest BCUT2D eigenvalue weighted by Crippen LogP contribution is 2.38. The second-order valence-electron chi connectivity index (χ2n) is 7.82. The minimum Gasteiger partial charge on any atom is -0.497 e. The number of methoxy groups -OCH3 is 1. The molecule has 6 nitrogen and oxygen atoms in total. The molecule has 0 N–H and O–H groups in total. The molecule has 2 heterocycles. The minimum atomic E-state index is -0.561. The largest absolute Gasteiger partial charge is 0.497 e. The Kier molecular flexibility index (Phi) is 5.68. The van der Waals surface area contributed by atoms with Crippen molar-refractivity contribution in [3.63, 3.8) is 0 Å². The number of hydrogen-bond donors (Lipinski definition) is 0. The van der Waals surface area contributed by atoms with Crippen molar-refractivity contribution in [2.75, 3.05) is 18.7 Å². The van der Waals surface area contributed by atoms with E-state index in [1.54, 1.807) is 19.2 Å². The Morgan fingerprint density at radius 2 is 1.85 bits per heavy atom. The molecule has 0 aliphatic carbocycles. The van der Waals surface area contributed by atoms with Gasteiger partial charge in [-0.05, 0) is 59.7 Å². The highest BCUT2D eigenvalue weighted by atomic mass is 79.9. The average Bonchev–Trinajstić information content (AvgIpc) is 3.34. The molecule has 3 aromatic carbocycles. The molecular formula is C25H19BrClN3O3. The summed E-state index contributed by atoms with van der Waals surface area (Å²) in [5.74, 6) is -0.311. The molecule has 1 atom stereocenters. The van der Waals surface area contributed by atoms with Gasteiger partial charge in [0, 0.05) is 15.9 Å². The summed E-state index contributed by atoms with van der Waals surface area (Å²) in [6.45, 7) is 0.134. The summed E-state index contributed by atoms with van der Waals surface area (Å²) in [5, 5.41) is 7.33. The van der Waals surface area contributed by atoms with E-state index >= 15 is 0 Å². The van der Waals surface area contributed by atoms with Gasteiger partial charge in [-0.1, -0.05) is 45.7 Å². The van der Waals surface area contributed by atoms with E-state index in [2.05, 4.69) is 15.9 Å². The first-order valence-electron chi connectivity index (χ1n) is 10.3. The first-order valence-corrected chi connectivity index (χ1v) is 11.5. The first-order chi connectivity index (χ1) is 16.0. The quantitative estimate of drug-likeness (QED) is 0.417. The van der Waals surface area contributed by atoms with Crippen LogP contribution in [0.15, 0.2) is 76.3 Å². The van der Waals surface area contributed by atoms with Crippen LogP contribution in [0.1, 0.15) is 33.9 Å². The number of halogens is 2. The van der Waals surface area contributed by atoms with Gasteiger partial charge in [0.15, 0.2) is 0 Å². The Morgan fingerprint density at radius 3 is 2.58 bits per heavy atom. The second kappa shape index (κ2) is 8.65. The number of anilines is 1. The van der Waals surface area contributed by atoms with Gasteiger partial charge in [0.25, 0.3) is 5.78 Å². The highest BCUT2D eigenvalue weighted by molar-refractivity contribution is 9.10. The molecule has 8 heteroatoms. The minimum absolute atomic E-state index is 0.134. The number of benzene rings is 3. The number of ether oxygens (including phenoxy) is 1. The Morgan fingerprint density at radius 1 is 1.09 bits per heavy atom. The van der Waals surface area contributed by atoms with E-state index in [4.69, 9.17) is 21.4 Å². The van der Waals surface area contributed by atoms with Gasteiger partial charge in [-0.3, -0.25) is 19.5 Å². The molecule has 1 amide bonds. The molecule has 2 aliphatic rings. The van der Waals surface area contributed by atoms with Gasteiger partial charge in [0.2, 0.25) is 0 Å². The molecule has 166 valence electrons. The van der Waals surface area contributed by atoms with Crippen LogP contribution in [0.25, 0.3) is 0 Å². The maximum Gasteiger partial charge on any atom is 0.301 e. The van der Waals surface area contributed by atoms with Crippen LogP contribution in [-0.2, 0) is 4.79 Å². The fourth-order valence-electron chi connectivity index (χ4n) is 4.22. The number of nitrogens with zero attached hydrogens (tertiary/aromatic N) is 3. The van der Waals surface area contributed by atoms with Crippen molar-refractivity contribution in [1.29, 1.82) is 0 Å². The zero-order chi connectivity index (χ0) is 23.1. The lowest BCUT2D eigenvalue weighted by atomic mass is 9.98. The van der Waals surface area contributed by atoms with E-state index < -0.39 is 11.7 Å². The van der Waals surface area contributed by atoms with Crippen molar-refractivity contribution in [2.24, 2.45) is 5.10 Å². The number of hydrogen-bond acceptors (Lipinski definition) is 5. The highest BCUT2D eigenvalue weighted by Gasteiger charge is 2.39. The number of carbonyl (C=O) groups excluding carboxylic acids is 2. The summed E-state index contributed by atoms with van der Waals surface area (Å²) in [7, 11) is 1.63. The van der Waals surface area contributed by atoms with E-state index in [0.717, 1.165) is 27.1 Å². The number of rotatable bonds is 5. The molecule has 0 unspecified atom stereocenters. The van der Waals surface area contributed by atoms with Crippen molar-refractivity contribution in [2.45, 2.75) is 12.5 Å². The lowest BCUT2D eigenvalue weighted by Gasteiger charge is -2.29. The topological polar surface area (TPSA) is 62.2 Å². The van der Waals surface area contributed by atoms with Crippen LogP contribution in [0, 0.1) is 0 Å². The molecule has 0 spiro atoms. The number of amides is 1. The molecule has 33 heavy (non-hydrogen) atoms. The Hall–Kier alpha value is -3.16. The summed E-state index contributed by atoms with van der Waals surface area (Å²) in [6.07, 6.45) is 0.610. The van der Waals surface area contributed by atoms with Gasteiger partial charge in [0.05, 0.1) is 30.1 Å². The van der Waals surface area contributed by atoms with Crippen molar-refractivity contribution in [3.05, 3.63) is 92.9 Å². The third-order valence-electron chi connectivity index (χ3n) is 5.90. The summed E-state index contributed by atoms with van der Waals surface area (Å²) < 4.78 is 6.01. The SMILES string of the molecule is COc1ccc(C2=NN(CN3C(=O)C(=O)c4cc(Br)ccc43)[C@@H](c3ccccc3Cl)C2)cc1. The van der Waals surface area contributed by atoms with Crippen LogP contribution in [0.3, 0.4) is 0 Å². The van der Waals surface area contributed by atoms with Gasteiger partial charge in [-0.25, -0.2) is 0 Å². The summed E-state index contributed by atoms with van der Waals surface area (Å²) in [5.41, 5.74) is 3.72. The molecule has 0 radical (unpaired) electrons. The maximum absolute atomic E-state index is 12.8. The zero-order valence-corrected chi connectivity index (χ0v) is 20.0. The number of Topliss-reactive ketones (excluding diaryl/α,β-unsaturated/α-hetero) is 1. The van der Waals surface area contributed by atoms with Gasteiger partial charge in [0.1, 0.15) is 12.4 Å². The molecule has 5 rings (SSSR count). The molecule has 0 saturated heterocycles. The lowest BCUT2D eigenvalue weighted by molar-refractivity contribution is -0.114.